The molecule has 0 aliphatic carbocycles. The highest BCUT2D eigenvalue weighted by atomic mass is 79.9. The number of rotatable bonds is 2. The summed E-state index contributed by atoms with van der Waals surface area (Å²) in [6, 6.07) is 8.87. The molecule has 3 rings (SSSR count). The first-order valence-corrected chi connectivity index (χ1v) is 6.99. The first kappa shape index (κ1) is 13.5. The highest BCUT2D eigenvalue weighted by Gasteiger charge is 2.10. The third-order valence-electron chi connectivity index (χ3n) is 3.02. The van der Waals surface area contributed by atoms with E-state index in [4.69, 9.17) is 5.73 Å². The van der Waals surface area contributed by atoms with Gasteiger partial charge in [-0.3, -0.25) is 14.8 Å². The average Bonchev–Trinajstić information content (AvgIpc) is 2.50. The number of fused-ring (bicyclic) bond motifs is 1. The number of hydrogen-bond donors (Lipinski definition) is 2. The van der Waals surface area contributed by atoms with Crippen LogP contribution in [0.25, 0.3) is 10.9 Å². The lowest BCUT2D eigenvalue weighted by molar-refractivity contribution is 0.102. The minimum absolute atomic E-state index is 0.237. The first-order chi connectivity index (χ1) is 10.1. The fourth-order valence-corrected chi connectivity index (χ4v) is 2.40. The molecule has 2 aromatic heterocycles. The van der Waals surface area contributed by atoms with E-state index in [0.717, 1.165) is 9.86 Å². The molecule has 21 heavy (non-hydrogen) atoms. The quantitative estimate of drug-likeness (QED) is 0.700. The summed E-state index contributed by atoms with van der Waals surface area (Å²) in [5, 5.41) is 3.66. The number of nitrogens with one attached hydrogen (secondary N) is 1. The molecule has 0 aliphatic heterocycles. The monoisotopic (exact) mass is 342 g/mol. The van der Waals surface area contributed by atoms with Crippen molar-refractivity contribution in [3.63, 3.8) is 0 Å². The predicted octanol–water partition coefficient (Wildman–Crippen LogP) is 3.23. The molecule has 3 aromatic rings. The number of carbonyl (C=O) groups is 1. The number of amides is 1. The van der Waals surface area contributed by atoms with Crippen LogP contribution in [0.5, 0.6) is 0 Å². The van der Waals surface area contributed by atoms with Gasteiger partial charge in [-0.1, -0.05) is 0 Å². The molecule has 0 atom stereocenters. The molecule has 3 N–H and O–H groups in total. The van der Waals surface area contributed by atoms with Gasteiger partial charge in [0.2, 0.25) is 0 Å². The summed E-state index contributed by atoms with van der Waals surface area (Å²) >= 11 is 3.30. The molecular weight excluding hydrogens is 332 g/mol. The summed E-state index contributed by atoms with van der Waals surface area (Å²) < 4.78 is 0.749. The van der Waals surface area contributed by atoms with Crippen LogP contribution >= 0.6 is 15.9 Å². The van der Waals surface area contributed by atoms with Crippen LogP contribution in [0.4, 0.5) is 11.4 Å². The molecule has 1 aromatic carbocycles. The SMILES string of the molecule is Nc1ccc(NC(=O)c2cncc(Br)c2)c2cccnc12. The van der Waals surface area contributed by atoms with Crippen LogP contribution < -0.4 is 11.1 Å². The van der Waals surface area contributed by atoms with E-state index in [0.29, 0.717) is 22.5 Å². The smallest absolute Gasteiger partial charge is 0.257 e. The molecule has 1 amide bonds. The summed E-state index contributed by atoms with van der Waals surface area (Å²) in [6.45, 7) is 0. The van der Waals surface area contributed by atoms with E-state index >= 15 is 0 Å². The number of benzene rings is 1. The second kappa shape index (κ2) is 5.49. The highest BCUT2D eigenvalue weighted by Crippen LogP contribution is 2.26. The molecule has 0 radical (unpaired) electrons. The zero-order valence-corrected chi connectivity index (χ0v) is 12.5. The Hall–Kier alpha value is -2.47. The zero-order chi connectivity index (χ0) is 14.8. The summed E-state index contributed by atoms with van der Waals surface area (Å²) in [7, 11) is 0. The number of nitrogen functional groups attached to an aromatic ring is 1. The van der Waals surface area contributed by atoms with Crippen molar-refractivity contribution in [2.24, 2.45) is 0 Å². The Kier molecular flexibility index (Phi) is 3.53. The Bertz CT molecular complexity index is 835. The van der Waals surface area contributed by atoms with Crippen molar-refractivity contribution in [3.8, 4) is 0 Å². The van der Waals surface area contributed by atoms with Crippen molar-refractivity contribution in [1.82, 2.24) is 9.97 Å². The molecule has 104 valence electrons. The minimum Gasteiger partial charge on any atom is -0.397 e. The lowest BCUT2D eigenvalue weighted by atomic mass is 10.1. The molecule has 2 heterocycles. The standard InChI is InChI=1S/C15H11BrN4O/c16-10-6-9(7-18-8-10)15(21)20-13-4-3-12(17)14-11(13)2-1-5-19-14/h1-8H,17H2,(H,20,21). The van der Waals surface area contributed by atoms with Crippen LogP contribution in [0, 0.1) is 0 Å². The number of nitrogens with two attached hydrogens (primary N) is 1. The van der Waals surface area contributed by atoms with E-state index in [-0.39, 0.29) is 5.91 Å². The average molecular weight is 343 g/mol. The van der Waals surface area contributed by atoms with Crippen molar-refractivity contribution < 1.29 is 4.79 Å². The number of pyridine rings is 2. The van der Waals surface area contributed by atoms with Gasteiger partial charge < -0.3 is 11.1 Å². The normalized spacial score (nSPS) is 10.5. The van der Waals surface area contributed by atoms with Crippen molar-refractivity contribution in [3.05, 3.63) is 59.0 Å². The van der Waals surface area contributed by atoms with E-state index in [1.807, 2.05) is 6.07 Å². The Labute approximate surface area is 129 Å². The van der Waals surface area contributed by atoms with Crippen LogP contribution in [0.1, 0.15) is 10.4 Å². The Balaban J connectivity index is 1.99. The Morgan fingerprint density at radius 2 is 2.10 bits per heavy atom. The first-order valence-electron chi connectivity index (χ1n) is 6.20. The van der Waals surface area contributed by atoms with Crippen molar-refractivity contribution in [2.45, 2.75) is 0 Å². The summed E-state index contributed by atoms with van der Waals surface area (Å²) in [5.41, 5.74) is 8.28. The number of carbonyl (C=O) groups excluding carboxylic acids is 1. The van der Waals surface area contributed by atoms with E-state index in [9.17, 15) is 4.79 Å². The molecule has 0 spiro atoms. The predicted molar refractivity (Wildman–Crippen MR) is 86.0 cm³/mol. The van der Waals surface area contributed by atoms with Gasteiger partial charge in [0.05, 0.1) is 22.5 Å². The van der Waals surface area contributed by atoms with Gasteiger partial charge >= 0.3 is 0 Å². The summed E-state index contributed by atoms with van der Waals surface area (Å²) in [6.07, 6.45) is 4.81. The second-order valence-corrected chi connectivity index (χ2v) is 5.36. The fraction of sp³-hybridized carbons (Fsp3) is 0. The van der Waals surface area contributed by atoms with Crippen LogP contribution in [0.2, 0.25) is 0 Å². The van der Waals surface area contributed by atoms with Crippen LogP contribution in [-0.4, -0.2) is 15.9 Å². The maximum Gasteiger partial charge on any atom is 0.257 e. The topological polar surface area (TPSA) is 80.9 Å². The number of halogens is 1. The van der Waals surface area contributed by atoms with Crippen LogP contribution in [-0.2, 0) is 0 Å². The van der Waals surface area contributed by atoms with Gasteiger partial charge in [-0.05, 0) is 46.3 Å². The number of aromatic nitrogens is 2. The van der Waals surface area contributed by atoms with Crippen molar-refractivity contribution >= 4 is 44.1 Å². The Morgan fingerprint density at radius 3 is 2.90 bits per heavy atom. The molecule has 0 saturated heterocycles. The maximum atomic E-state index is 12.3. The van der Waals surface area contributed by atoms with E-state index < -0.39 is 0 Å². The van der Waals surface area contributed by atoms with Gasteiger partial charge in [-0.15, -0.1) is 0 Å². The summed E-state index contributed by atoms with van der Waals surface area (Å²) in [4.78, 5) is 20.5. The fourth-order valence-electron chi connectivity index (χ4n) is 2.03. The van der Waals surface area contributed by atoms with Gasteiger partial charge in [0.15, 0.2) is 0 Å². The lowest BCUT2D eigenvalue weighted by Gasteiger charge is -2.09. The minimum atomic E-state index is -0.237. The molecule has 0 saturated carbocycles. The molecule has 0 unspecified atom stereocenters. The number of hydrogen-bond acceptors (Lipinski definition) is 4. The van der Waals surface area contributed by atoms with Crippen molar-refractivity contribution in [2.75, 3.05) is 11.1 Å². The van der Waals surface area contributed by atoms with Crippen molar-refractivity contribution in [1.29, 1.82) is 0 Å². The molecule has 5 nitrogen and oxygen atoms in total. The second-order valence-electron chi connectivity index (χ2n) is 4.45. The van der Waals surface area contributed by atoms with E-state index in [2.05, 4.69) is 31.2 Å². The molecule has 6 heteroatoms. The number of nitrogens with zero attached hydrogens (tertiary/aromatic N) is 2. The van der Waals surface area contributed by atoms with E-state index in [1.165, 1.54) is 6.20 Å². The third kappa shape index (κ3) is 2.71. The van der Waals surface area contributed by atoms with Gasteiger partial charge in [0.25, 0.3) is 5.91 Å². The van der Waals surface area contributed by atoms with E-state index in [1.54, 1.807) is 36.7 Å². The lowest BCUT2D eigenvalue weighted by Crippen LogP contribution is -2.12. The molecule has 0 fully saturated rings. The maximum absolute atomic E-state index is 12.3. The number of anilines is 2. The third-order valence-corrected chi connectivity index (χ3v) is 3.45. The van der Waals surface area contributed by atoms with Crippen LogP contribution in [0.3, 0.4) is 0 Å². The molecule has 0 aliphatic rings. The molecular formula is C15H11BrN4O. The largest absolute Gasteiger partial charge is 0.397 e. The zero-order valence-electron chi connectivity index (χ0n) is 10.9. The highest BCUT2D eigenvalue weighted by molar-refractivity contribution is 9.10. The van der Waals surface area contributed by atoms with Gasteiger partial charge in [0, 0.05) is 28.4 Å². The van der Waals surface area contributed by atoms with Gasteiger partial charge in [-0.25, -0.2) is 0 Å². The summed E-state index contributed by atoms with van der Waals surface area (Å²) in [5.74, 6) is -0.237. The van der Waals surface area contributed by atoms with Gasteiger partial charge in [0.1, 0.15) is 0 Å². The van der Waals surface area contributed by atoms with Crippen LogP contribution in [0.15, 0.2) is 53.4 Å². The molecule has 0 bridgehead atoms. The Morgan fingerprint density at radius 1 is 1.24 bits per heavy atom. The van der Waals surface area contributed by atoms with Gasteiger partial charge in [-0.2, -0.15) is 0 Å².